The van der Waals surface area contributed by atoms with Crippen LogP contribution in [0.5, 0.6) is 5.75 Å². The zero-order valence-electron chi connectivity index (χ0n) is 30.5. The van der Waals surface area contributed by atoms with E-state index in [1.807, 2.05) is 67.6 Å². The molecule has 0 N–H and O–H groups in total. The summed E-state index contributed by atoms with van der Waals surface area (Å²) >= 11 is 0. The molecule has 7 nitrogen and oxygen atoms in total. The molecule has 1 aliphatic heterocycles. The number of allylic oxidation sites excluding steroid dienone is 2. The molecule has 4 aromatic rings. The number of nitrogens with zero attached hydrogens (tertiary/aromatic N) is 4. The van der Waals surface area contributed by atoms with Crippen molar-refractivity contribution in [2.24, 2.45) is 12.0 Å². The topological polar surface area (TPSA) is 59.3 Å². The molecule has 3 aromatic carbocycles. The second-order valence-corrected chi connectivity index (χ2v) is 13.0. The Morgan fingerprint density at radius 3 is 2.02 bits per heavy atom. The Hall–Kier alpha value is -5.04. The number of benzene rings is 3. The zero-order valence-corrected chi connectivity index (χ0v) is 30.5. The number of anilines is 2. The van der Waals surface area contributed by atoms with E-state index < -0.39 is 6.10 Å². The van der Waals surface area contributed by atoms with Gasteiger partial charge >= 0.3 is 5.97 Å². The highest BCUT2D eigenvalue weighted by Crippen LogP contribution is 2.44. The zero-order chi connectivity index (χ0) is 35.2. The molecule has 2 heterocycles. The first-order valence-corrected chi connectivity index (χ1v) is 17.1. The SMILES string of the molecule is CCN(CCCC(=O)OC(c1ccccc1)c1ccccc1)c1cc(OC)c(/C(=C2/N=C(C)C=C2C)c2c(C)cc(C)n2C)cc1N(C)C. The molecule has 0 saturated carbocycles. The van der Waals surface area contributed by atoms with E-state index in [1.54, 1.807) is 7.11 Å². The van der Waals surface area contributed by atoms with Gasteiger partial charge in [-0.3, -0.25) is 9.79 Å². The number of aliphatic imine (C=N–C) groups is 1. The fourth-order valence-electron chi connectivity index (χ4n) is 6.75. The van der Waals surface area contributed by atoms with Crippen molar-refractivity contribution in [3.63, 3.8) is 0 Å². The van der Waals surface area contributed by atoms with Gasteiger partial charge in [-0.1, -0.05) is 60.7 Å². The van der Waals surface area contributed by atoms with Gasteiger partial charge in [-0.2, -0.15) is 0 Å². The summed E-state index contributed by atoms with van der Waals surface area (Å²) < 4.78 is 14.5. The van der Waals surface area contributed by atoms with Gasteiger partial charge in [-0.05, 0) is 81.5 Å². The van der Waals surface area contributed by atoms with E-state index in [1.165, 1.54) is 11.3 Å². The number of aryl methyl sites for hydroxylation is 2. The molecule has 0 bridgehead atoms. The Kier molecular flexibility index (Phi) is 11.1. The molecule has 0 atom stereocenters. The first kappa shape index (κ1) is 35.3. The van der Waals surface area contributed by atoms with E-state index >= 15 is 0 Å². The molecule has 49 heavy (non-hydrogen) atoms. The summed E-state index contributed by atoms with van der Waals surface area (Å²) in [6.45, 7) is 12.1. The number of rotatable bonds is 13. The van der Waals surface area contributed by atoms with Crippen molar-refractivity contribution < 1.29 is 14.3 Å². The number of ether oxygens (including phenoxy) is 2. The second-order valence-electron chi connectivity index (χ2n) is 13.0. The minimum atomic E-state index is -0.444. The molecule has 0 saturated heterocycles. The number of hydrogen-bond donors (Lipinski definition) is 0. The lowest BCUT2D eigenvalue weighted by atomic mass is 9.93. The molecule has 5 rings (SSSR count). The van der Waals surface area contributed by atoms with Crippen LogP contribution in [0.3, 0.4) is 0 Å². The average molecular weight is 659 g/mol. The van der Waals surface area contributed by atoms with E-state index in [4.69, 9.17) is 14.5 Å². The molecule has 256 valence electrons. The van der Waals surface area contributed by atoms with Crippen LogP contribution in [0.2, 0.25) is 0 Å². The third-order valence-electron chi connectivity index (χ3n) is 9.26. The van der Waals surface area contributed by atoms with Gasteiger partial charge in [0.1, 0.15) is 5.75 Å². The van der Waals surface area contributed by atoms with Gasteiger partial charge in [0.2, 0.25) is 0 Å². The Labute approximate surface area is 292 Å². The van der Waals surface area contributed by atoms with Gasteiger partial charge in [0.25, 0.3) is 0 Å². The molecule has 0 amide bonds. The first-order valence-electron chi connectivity index (χ1n) is 17.1. The smallest absolute Gasteiger partial charge is 0.306 e. The van der Waals surface area contributed by atoms with Gasteiger partial charge in [-0.25, -0.2) is 0 Å². The molecule has 0 fully saturated rings. The third-order valence-corrected chi connectivity index (χ3v) is 9.26. The van der Waals surface area contributed by atoms with Gasteiger partial charge in [0, 0.05) is 69.3 Å². The van der Waals surface area contributed by atoms with E-state index in [0.717, 1.165) is 68.6 Å². The van der Waals surface area contributed by atoms with Crippen LogP contribution < -0.4 is 14.5 Å². The Balaban J connectivity index is 1.45. The lowest BCUT2D eigenvalue weighted by Crippen LogP contribution is -2.27. The van der Waals surface area contributed by atoms with Gasteiger partial charge < -0.3 is 23.8 Å². The lowest BCUT2D eigenvalue weighted by Gasteiger charge is -2.30. The highest BCUT2D eigenvalue weighted by atomic mass is 16.5. The van der Waals surface area contributed by atoms with Gasteiger partial charge in [-0.15, -0.1) is 0 Å². The van der Waals surface area contributed by atoms with E-state index in [0.29, 0.717) is 19.4 Å². The van der Waals surface area contributed by atoms with Crippen LogP contribution in [0.25, 0.3) is 5.57 Å². The van der Waals surface area contributed by atoms with E-state index in [2.05, 4.69) is 87.5 Å². The Morgan fingerprint density at radius 1 is 0.898 bits per heavy atom. The molecule has 0 unspecified atom stereocenters. The van der Waals surface area contributed by atoms with Crippen LogP contribution in [0.15, 0.2) is 101 Å². The van der Waals surface area contributed by atoms with Crippen molar-refractivity contribution in [3.8, 4) is 5.75 Å². The Morgan fingerprint density at radius 2 is 1.53 bits per heavy atom. The summed E-state index contributed by atoms with van der Waals surface area (Å²) in [6, 6.07) is 26.4. The quantitative estimate of drug-likeness (QED) is 0.134. The maximum Gasteiger partial charge on any atom is 0.306 e. The van der Waals surface area contributed by atoms with Crippen molar-refractivity contribution in [1.29, 1.82) is 0 Å². The summed E-state index contributed by atoms with van der Waals surface area (Å²) in [5.74, 6) is 0.565. The van der Waals surface area contributed by atoms with Crippen LogP contribution in [-0.4, -0.2) is 50.5 Å². The second kappa shape index (κ2) is 15.5. The standard InChI is InChI=1S/C42H50N4O3/c1-10-46(23-17-22-38(47)49-42(32-18-13-11-14-19-32)33-20-15-12-16-21-33)36-27-37(48-9)34(26-35(36)44(6)7)39(40-28(2)24-30(4)43-40)41-29(3)25-31(5)45(41)8/h11-16,18-21,24-27,42H,10,17,22-23H2,1-9H3/b40-39-. The van der Waals surface area contributed by atoms with Crippen molar-refractivity contribution in [2.75, 3.05) is 44.1 Å². The van der Waals surface area contributed by atoms with Crippen molar-refractivity contribution >= 4 is 28.6 Å². The fourth-order valence-corrected chi connectivity index (χ4v) is 6.75. The summed E-state index contributed by atoms with van der Waals surface area (Å²) in [5, 5.41) is 0. The Bertz CT molecular complexity index is 1840. The minimum absolute atomic E-state index is 0.213. The predicted molar refractivity (Wildman–Crippen MR) is 203 cm³/mol. The summed E-state index contributed by atoms with van der Waals surface area (Å²) in [7, 11) is 7.99. The lowest BCUT2D eigenvalue weighted by molar-refractivity contribution is -0.147. The van der Waals surface area contributed by atoms with Crippen LogP contribution in [0, 0.1) is 13.8 Å². The van der Waals surface area contributed by atoms with Crippen LogP contribution >= 0.6 is 0 Å². The van der Waals surface area contributed by atoms with E-state index in [9.17, 15) is 4.79 Å². The number of esters is 1. The number of carbonyl (C=O) groups excluding carboxylic acids is 1. The average Bonchev–Trinajstić information content (AvgIpc) is 3.56. The molecule has 0 radical (unpaired) electrons. The largest absolute Gasteiger partial charge is 0.496 e. The number of aromatic nitrogens is 1. The molecule has 0 aliphatic carbocycles. The molecule has 1 aromatic heterocycles. The maximum atomic E-state index is 13.3. The molecule has 1 aliphatic rings. The monoisotopic (exact) mass is 658 g/mol. The molecule has 0 spiro atoms. The normalized spacial score (nSPS) is 13.7. The maximum absolute atomic E-state index is 13.3. The van der Waals surface area contributed by atoms with Crippen LogP contribution in [0.4, 0.5) is 11.4 Å². The summed E-state index contributed by atoms with van der Waals surface area (Å²) in [4.78, 5) is 22.8. The number of carbonyl (C=O) groups is 1. The van der Waals surface area contributed by atoms with Crippen molar-refractivity contribution in [2.45, 2.75) is 53.6 Å². The number of hydrogen-bond acceptors (Lipinski definition) is 6. The first-order chi connectivity index (χ1) is 23.5. The fraction of sp³-hybridized carbons (Fsp3) is 0.333. The summed E-state index contributed by atoms with van der Waals surface area (Å²) in [6.07, 6.45) is 2.65. The van der Waals surface area contributed by atoms with E-state index in [-0.39, 0.29) is 5.97 Å². The van der Waals surface area contributed by atoms with Gasteiger partial charge in [0.05, 0.1) is 29.9 Å². The highest BCUT2D eigenvalue weighted by molar-refractivity contribution is 6.02. The van der Waals surface area contributed by atoms with Crippen molar-refractivity contribution in [1.82, 2.24) is 4.57 Å². The summed E-state index contributed by atoms with van der Waals surface area (Å²) in [5.41, 5.74) is 12.7. The highest BCUT2D eigenvalue weighted by Gasteiger charge is 2.27. The van der Waals surface area contributed by atoms with Crippen LogP contribution in [-0.2, 0) is 16.6 Å². The van der Waals surface area contributed by atoms with Crippen molar-refractivity contribution in [3.05, 3.63) is 130 Å². The number of methoxy groups -OCH3 is 1. The minimum Gasteiger partial charge on any atom is -0.496 e. The third kappa shape index (κ3) is 7.67. The van der Waals surface area contributed by atoms with Gasteiger partial charge in [0.15, 0.2) is 6.10 Å². The molecule has 7 heteroatoms. The predicted octanol–water partition coefficient (Wildman–Crippen LogP) is 8.84. The molecular formula is C42H50N4O3. The molecular weight excluding hydrogens is 608 g/mol. The van der Waals surface area contributed by atoms with Crippen LogP contribution in [0.1, 0.15) is 73.4 Å².